The molecule has 1 radical (unpaired) electrons. The summed E-state index contributed by atoms with van der Waals surface area (Å²) in [6, 6.07) is 8.57. The monoisotopic (exact) mass is 357 g/mol. The predicted molar refractivity (Wildman–Crippen MR) is 97.4 cm³/mol. The Morgan fingerprint density at radius 2 is 2.19 bits per heavy atom. The molecule has 2 aromatic rings. The van der Waals surface area contributed by atoms with Crippen molar-refractivity contribution in [3.8, 4) is 16.9 Å². The van der Waals surface area contributed by atoms with Gasteiger partial charge in [-0.1, -0.05) is 0 Å². The third-order valence-corrected chi connectivity index (χ3v) is 4.64. The first-order valence-electron chi connectivity index (χ1n) is 8.86. The number of hydrogen-bond acceptors (Lipinski definition) is 6. The number of carbonyl (C=O) groups excluding carboxylic acids is 1. The second kappa shape index (κ2) is 8.44. The van der Waals surface area contributed by atoms with Gasteiger partial charge in [-0.05, 0) is 42.7 Å². The third kappa shape index (κ3) is 4.69. The van der Waals surface area contributed by atoms with Crippen LogP contribution in [0.1, 0.15) is 19.3 Å². The fourth-order valence-corrected chi connectivity index (χ4v) is 3.06. The number of likely N-dealkylation sites (tertiary alicyclic amines) is 1. The molecule has 1 aliphatic heterocycles. The first kappa shape index (κ1) is 18.6. The molecule has 3 N–H and O–H groups in total. The first-order chi connectivity index (χ1) is 12.5. The van der Waals surface area contributed by atoms with Crippen molar-refractivity contribution in [2.24, 2.45) is 12.8 Å². The van der Waals surface area contributed by atoms with E-state index in [0.717, 1.165) is 11.1 Å². The van der Waals surface area contributed by atoms with Gasteiger partial charge < -0.3 is 15.6 Å². The van der Waals surface area contributed by atoms with Gasteiger partial charge in [0.2, 0.25) is 0 Å². The molecule has 1 aromatic carbocycles. The molecule has 0 aliphatic carbocycles. The highest BCUT2D eigenvalue weighted by atomic mass is 16.5. The maximum absolute atomic E-state index is 12.3. The van der Waals surface area contributed by atoms with Crippen LogP contribution in [0.4, 0.5) is 0 Å². The molecular weight excluding hydrogens is 332 g/mol. The van der Waals surface area contributed by atoms with Crippen molar-refractivity contribution in [2.45, 2.75) is 31.5 Å². The van der Waals surface area contributed by atoms with Gasteiger partial charge in [0.05, 0.1) is 18.9 Å². The largest absolute Gasteiger partial charge is 0.493 e. The number of rotatable bonds is 7. The number of Topliss-reactive ketones (excluding diaryl/α,β-unsaturated/α-hetero) is 1. The zero-order valence-corrected chi connectivity index (χ0v) is 15.0. The second-order valence-corrected chi connectivity index (χ2v) is 6.64. The quantitative estimate of drug-likeness (QED) is 0.767. The number of piperidine rings is 1. The van der Waals surface area contributed by atoms with Crippen LogP contribution in [-0.2, 0) is 11.8 Å². The van der Waals surface area contributed by atoms with Crippen LogP contribution in [0, 0.1) is 6.07 Å². The highest BCUT2D eigenvalue weighted by molar-refractivity contribution is 5.83. The normalized spacial score (nSPS) is 17.2. The molecule has 26 heavy (non-hydrogen) atoms. The van der Waals surface area contributed by atoms with Crippen molar-refractivity contribution in [3.05, 3.63) is 36.7 Å². The number of nitrogens with zero attached hydrogens (tertiary/aromatic N) is 3. The number of nitrogens with two attached hydrogens (primary N) is 1. The highest BCUT2D eigenvalue weighted by Gasteiger charge is 2.25. The van der Waals surface area contributed by atoms with Gasteiger partial charge in [0.25, 0.3) is 0 Å². The standard InChI is InChI=1S/C19H25N4O3/c1-22-13-15(12-21-22)14-3-2-4-17(11-14)26-10-7-18(25)19(20)23-8-5-16(24)6-9-23/h3-4,11-13,16,19,24H,5-10,20H2,1H3. The maximum atomic E-state index is 12.3. The van der Waals surface area contributed by atoms with E-state index in [9.17, 15) is 9.90 Å². The molecule has 0 spiro atoms. The number of aromatic nitrogens is 2. The van der Waals surface area contributed by atoms with Crippen LogP contribution in [-0.4, -0.2) is 57.5 Å². The summed E-state index contributed by atoms with van der Waals surface area (Å²) in [5.74, 6) is 0.614. The fourth-order valence-electron chi connectivity index (χ4n) is 3.06. The molecule has 0 amide bonds. The van der Waals surface area contributed by atoms with Crippen molar-refractivity contribution in [1.29, 1.82) is 0 Å². The van der Waals surface area contributed by atoms with Gasteiger partial charge in [0.1, 0.15) is 11.9 Å². The number of aryl methyl sites for hydroxylation is 1. The Morgan fingerprint density at radius 3 is 2.88 bits per heavy atom. The smallest absolute Gasteiger partial charge is 0.167 e. The average molecular weight is 357 g/mol. The van der Waals surface area contributed by atoms with Gasteiger partial charge in [-0.2, -0.15) is 5.10 Å². The minimum atomic E-state index is -0.626. The van der Waals surface area contributed by atoms with E-state index in [1.807, 2.05) is 30.3 Å². The summed E-state index contributed by atoms with van der Waals surface area (Å²) in [6.45, 7) is 1.57. The zero-order chi connectivity index (χ0) is 18.5. The summed E-state index contributed by atoms with van der Waals surface area (Å²) in [5.41, 5.74) is 7.99. The minimum Gasteiger partial charge on any atom is -0.493 e. The minimum absolute atomic E-state index is 0.0474. The SMILES string of the molecule is Cn1cc(-c2c[c]cc(OCCC(=O)C(N)N3CCC(O)CC3)c2)cn1. The molecule has 139 valence electrons. The van der Waals surface area contributed by atoms with Crippen LogP contribution in [0.25, 0.3) is 11.1 Å². The lowest BCUT2D eigenvalue weighted by molar-refractivity contribution is -0.125. The van der Waals surface area contributed by atoms with Gasteiger partial charge in [0.15, 0.2) is 5.78 Å². The van der Waals surface area contributed by atoms with Crippen molar-refractivity contribution in [3.63, 3.8) is 0 Å². The lowest BCUT2D eigenvalue weighted by Gasteiger charge is -2.33. The van der Waals surface area contributed by atoms with Gasteiger partial charge >= 0.3 is 0 Å². The van der Waals surface area contributed by atoms with Crippen LogP contribution in [0.2, 0.25) is 0 Å². The van der Waals surface area contributed by atoms with Crippen LogP contribution in [0.3, 0.4) is 0 Å². The summed E-state index contributed by atoms with van der Waals surface area (Å²) in [5, 5.41) is 13.7. The number of aliphatic hydroxyl groups is 1. The Labute approximate surface area is 153 Å². The van der Waals surface area contributed by atoms with Crippen LogP contribution in [0.15, 0.2) is 30.6 Å². The Bertz CT molecular complexity index is 738. The summed E-state index contributed by atoms with van der Waals surface area (Å²) in [4.78, 5) is 14.2. The predicted octanol–water partition coefficient (Wildman–Crippen LogP) is 0.967. The second-order valence-electron chi connectivity index (χ2n) is 6.64. The lowest BCUT2D eigenvalue weighted by Crippen LogP contribution is -2.51. The number of ether oxygens (including phenoxy) is 1. The van der Waals surface area contributed by atoms with Crippen molar-refractivity contribution in [2.75, 3.05) is 19.7 Å². The molecular formula is C19H25N4O3. The number of benzene rings is 1. The number of ketones is 1. The molecule has 1 aromatic heterocycles. The Morgan fingerprint density at radius 1 is 1.42 bits per heavy atom. The fraction of sp³-hybridized carbons (Fsp3) is 0.474. The van der Waals surface area contributed by atoms with Gasteiger partial charge in [-0.3, -0.25) is 14.4 Å². The van der Waals surface area contributed by atoms with Crippen molar-refractivity contribution in [1.82, 2.24) is 14.7 Å². The molecule has 7 nitrogen and oxygen atoms in total. The van der Waals surface area contributed by atoms with Gasteiger partial charge in [-0.15, -0.1) is 0 Å². The Kier molecular flexibility index (Phi) is 6.03. The van der Waals surface area contributed by atoms with Crippen molar-refractivity contribution < 1.29 is 14.6 Å². The summed E-state index contributed by atoms with van der Waals surface area (Å²) in [7, 11) is 1.87. The van der Waals surface area contributed by atoms with Crippen LogP contribution < -0.4 is 10.5 Å². The zero-order valence-electron chi connectivity index (χ0n) is 15.0. The number of carbonyl (C=O) groups is 1. The van der Waals surface area contributed by atoms with Crippen molar-refractivity contribution >= 4 is 5.78 Å². The lowest BCUT2D eigenvalue weighted by atomic mass is 10.1. The molecule has 2 heterocycles. The molecule has 1 aliphatic rings. The maximum Gasteiger partial charge on any atom is 0.167 e. The Hall–Kier alpha value is -2.22. The summed E-state index contributed by atoms with van der Waals surface area (Å²) >= 11 is 0. The van der Waals surface area contributed by atoms with E-state index in [0.29, 0.717) is 31.7 Å². The molecule has 0 saturated carbocycles. The van der Waals surface area contributed by atoms with E-state index < -0.39 is 6.17 Å². The average Bonchev–Trinajstić information content (AvgIpc) is 3.08. The van der Waals surface area contributed by atoms with E-state index >= 15 is 0 Å². The molecule has 1 unspecified atom stereocenters. The summed E-state index contributed by atoms with van der Waals surface area (Å²) in [6.07, 6.45) is 4.37. The molecule has 3 rings (SSSR count). The first-order valence-corrected chi connectivity index (χ1v) is 8.86. The van der Waals surface area contributed by atoms with E-state index in [1.54, 1.807) is 16.9 Å². The molecule has 7 heteroatoms. The molecule has 1 fully saturated rings. The van der Waals surface area contributed by atoms with E-state index in [4.69, 9.17) is 10.5 Å². The molecule has 0 bridgehead atoms. The highest BCUT2D eigenvalue weighted by Crippen LogP contribution is 2.23. The van der Waals surface area contributed by atoms with Crippen LogP contribution in [0.5, 0.6) is 5.75 Å². The Balaban J connectivity index is 1.49. The van der Waals surface area contributed by atoms with Crippen LogP contribution >= 0.6 is 0 Å². The summed E-state index contributed by atoms with van der Waals surface area (Å²) < 4.78 is 7.45. The number of hydrogen-bond donors (Lipinski definition) is 2. The third-order valence-electron chi connectivity index (χ3n) is 4.64. The number of aliphatic hydroxyl groups excluding tert-OH is 1. The van der Waals surface area contributed by atoms with E-state index in [1.165, 1.54) is 0 Å². The molecule has 1 atom stereocenters. The van der Waals surface area contributed by atoms with Gasteiger partial charge in [0, 0.05) is 38.3 Å². The molecule has 1 saturated heterocycles. The topological polar surface area (TPSA) is 93.6 Å². The van der Waals surface area contributed by atoms with E-state index in [-0.39, 0.29) is 24.9 Å². The van der Waals surface area contributed by atoms with E-state index in [2.05, 4.69) is 11.2 Å². The van der Waals surface area contributed by atoms with Gasteiger partial charge in [-0.25, -0.2) is 0 Å².